The van der Waals surface area contributed by atoms with Crippen molar-refractivity contribution in [1.29, 1.82) is 0 Å². The minimum Gasteiger partial charge on any atom is -0.406 e. The van der Waals surface area contributed by atoms with E-state index in [9.17, 15) is 13.2 Å². The topological polar surface area (TPSA) is 63.0 Å². The van der Waals surface area contributed by atoms with Crippen molar-refractivity contribution in [3.63, 3.8) is 0 Å². The molecule has 0 aliphatic heterocycles. The summed E-state index contributed by atoms with van der Waals surface area (Å²) in [6.07, 6.45) is -4.39. The maximum absolute atomic E-state index is 12.7. The Morgan fingerprint density at radius 1 is 1.24 bits per heavy atom. The Hall–Kier alpha value is -2.09. The molecule has 0 spiro atoms. The molecule has 1 heterocycles. The van der Waals surface area contributed by atoms with Crippen molar-refractivity contribution in [2.24, 2.45) is 0 Å². The molecule has 0 radical (unpaired) electrons. The Labute approximate surface area is 119 Å². The van der Waals surface area contributed by atoms with Gasteiger partial charge in [-0.05, 0) is 31.2 Å². The Balaban J connectivity index is 2.17. The van der Waals surface area contributed by atoms with E-state index in [1.807, 2.05) is 6.92 Å². The zero-order valence-corrected chi connectivity index (χ0v) is 11.6. The SMILES string of the molecule is CCNCc1nnc(Nc2cc(C(F)(F)F)ccc2C)o1. The molecule has 0 saturated heterocycles. The molecule has 0 saturated carbocycles. The van der Waals surface area contributed by atoms with Crippen molar-refractivity contribution >= 4 is 11.7 Å². The highest BCUT2D eigenvalue weighted by Crippen LogP contribution is 2.32. The van der Waals surface area contributed by atoms with Crippen molar-refractivity contribution in [2.45, 2.75) is 26.6 Å². The number of nitrogens with zero attached hydrogens (tertiary/aromatic N) is 2. The minimum absolute atomic E-state index is 0.0605. The van der Waals surface area contributed by atoms with E-state index >= 15 is 0 Å². The van der Waals surface area contributed by atoms with E-state index < -0.39 is 11.7 Å². The fraction of sp³-hybridized carbons (Fsp3) is 0.385. The van der Waals surface area contributed by atoms with Gasteiger partial charge >= 0.3 is 12.2 Å². The number of halogens is 3. The van der Waals surface area contributed by atoms with Crippen LogP contribution in [0, 0.1) is 6.92 Å². The molecule has 0 atom stereocenters. The average Bonchev–Trinajstić information content (AvgIpc) is 2.85. The van der Waals surface area contributed by atoms with E-state index in [2.05, 4.69) is 20.8 Å². The van der Waals surface area contributed by atoms with Crippen LogP contribution < -0.4 is 10.6 Å². The largest absolute Gasteiger partial charge is 0.416 e. The van der Waals surface area contributed by atoms with Gasteiger partial charge in [-0.3, -0.25) is 0 Å². The number of aryl methyl sites for hydroxylation is 1. The predicted octanol–water partition coefficient (Wildman–Crippen LogP) is 3.25. The standard InChI is InChI=1S/C13H15F3N4O/c1-3-17-7-11-19-20-12(21-11)18-10-6-9(13(14,15)16)5-4-8(10)2/h4-6,17H,3,7H2,1-2H3,(H,18,20). The highest BCUT2D eigenvalue weighted by Gasteiger charge is 2.30. The third-order valence-corrected chi connectivity index (χ3v) is 2.80. The van der Waals surface area contributed by atoms with E-state index in [1.165, 1.54) is 6.07 Å². The molecule has 114 valence electrons. The summed E-state index contributed by atoms with van der Waals surface area (Å²) < 4.78 is 43.4. The summed E-state index contributed by atoms with van der Waals surface area (Å²) in [5, 5.41) is 13.3. The third-order valence-electron chi connectivity index (χ3n) is 2.80. The average molecular weight is 300 g/mol. The van der Waals surface area contributed by atoms with Crippen LogP contribution in [0.2, 0.25) is 0 Å². The summed E-state index contributed by atoms with van der Waals surface area (Å²) in [5.74, 6) is 0.365. The molecule has 5 nitrogen and oxygen atoms in total. The Kier molecular flexibility index (Phi) is 4.46. The lowest BCUT2D eigenvalue weighted by atomic mass is 10.1. The van der Waals surface area contributed by atoms with E-state index in [0.29, 0.717) is 18.0 Å². The molecular formula is C13H15F3N4O. The number of aromatic nitrogens is 2. The zero-order valence-electron chi connectivity index (χ0n) is 11.6. The summed E-state index contributed by atoms with van der Waals surface area (Å²) in [5.41, 5.74) is 0.195. The van der Waals surface area contributed by atoms with Gasteiger partial charge in [-0.2, -0.15) is 13.2 Å². The highest BCUT2D eigenvalue weighted by atomic mass is 19.4. The van der Waals surface area contributed by atoms with Gasteiger partial charge in [0.25, 0.3) is 0 Å². The van der Waals surface area contributed by atoms with Crippen LogP contribution in [0.1, 0.15) is 23.9 Å². The third kappa shape index (κ3) is 3.94. The molecular weight excluding hydrogens is 285 g/mol. The van der Waals surface area contributed by atoms with Crippen molar-refractivity contribution < 1.29 is 17.6 Å². The number of alkyl halides is 3. The van der Waals surface area contributed by atoms with E-state index in [1.54, 1.807) is 6.92 Å². The fourth-order valence-electron chi connectivity index (χ4n) is 1.66. The van der Waals surface area contributed by atoms with Crippen LogP contribution in [0.5, 0.6) is 0 Å². The number of benzene rings is 1. The number of anilines is 2. The number of hydrogen-bond acceptors (Lipinski definition) is 5. The summed E-state index contributed by atoms with van der Waals surface area (Å²) in [6.45, 7) is 4.78. The summed E-state index contributed by atoms with van der Waals surface area (Å²) in [7, 11) is 0. The maximum atomic E-state index is 12.7. The molecule has 2 rings (SSSR count). The van der Waals surface area contributed by atoms with Gasteiger partial charge in [-0.25, -0.2) is 0 Å². The van der Waals surface area contributed by atoms with Crippen molar-refractivity contribution in [2.75, 3.05) is 11.9 Å². The molecule has 21 heavy (non-hydrogen) atoms. The molecule has 2 N–H and O–H groups in total. The van der Waals surface area contributed by atoms with E-state index in [-0.39, 0.29) is 11.7 Å². The molecule has 0 amide bonds. The van der Waals surface area contributed by atoms with Crippen molar-refractivity contribution in [1.82, 2.24) is 15.5 Å². The monoisotopic (exact) mass is 300 g/mol. The molecule has 0 fully saturated rings. The van der Waals surface area contributed by atoms with Gasteiger partial charge in [0.1, 0.15) is 0 Å². The molecule has 1 aromatic carbocycles. The molecule has 8 heteroatoms. The second-order valence-electron chi connectivity index (χ2n) is 4.43. The second kappa shape index (κ2) is 6.13. The second-order valence-corrected chi connectivity index (χ2v) is 4.43. The summed E-state index contributed by atoms with van der Waals surface area (Å²) >= 11 is 0. The molecule has 0 aliphatic rings. The van der Waals surface area contributed by atoms with Crippen molar-refractivity contribution in [3.05, 3.63) is 35.2 Å². The van der Waals surface area contributed by atoms with Gasteiger partial charge in [0.2, 0.25) is 5.89 Å². The quantitative estimate of drug-likeness (QED) is 0.887. The smallest absolute Gasteiger partial charge is 0.406 e. The minimum atomic E-state index is -4.39. The van der Waals surface area contributed by atoms with E-state index in [0.717, 1.165) is 18.7 Å². The lowest BCUT2D eigenvalue weighted by Gasteiger charge is -2.11. The lowest BCUT2D eigenvalue weighted by molar-refractivity contribution is -0.137. The molecule has 1 aromatic heterocycles. The number of nitrogens with one attached hydrogen (secondary N) is 2. The van der Waals surface area contributed by atoms with Crippen LogP contribution in [-0.2, 0) is 12.7 Å². The molecule has 0 bridgehead atoms. The Bertz CT molecular complexity index is 610. The van der Waals surface area contributed by atoms with Crippen LogP contribution in [0.15, 0.2) is 22.6 Å². The summed E-state index contributed by atoms with van der Waals surface area (Å²) in [4.78, 5) is 0. The maximum Gasteiger partial charge on any atom is 0.416 e. The predicted molar refractivity (Wildman–Crippen MR) is 71.1 cm³/mol. The van der Waals surface area contributed by atoms with Gasteiger partial charge in [0.15, 0.2) is 0 Å². The van der Waals surface area contributed by atoms with Crippen LogP contribution in [0.4, 0.5) is 24.9 Å². The van der Waals surface area contributed by atoms with Crippen molar-refractivity contribution in [3.8, 4) is 0 Å². The Morgan fingerprint density at radius 3 is 2.67 bits per heavy atom. The van der Waals surface area contributed by atoms with Crippen LogP contribution in [0.25, 0.3) is 0 Å². The molecule has 0 unspecified atom stereocenters. The fourth-order valence-corrected chi connectivity index (χ4v) is 1.66. The normalized spacial score (nSPS) is 11.7. The summed E-state index contributed by atoms with van der Waals surface area (Å²) in [6, 6.07) is 3.50. The number of rotatable bonds is 5. The van der Waals surface area contributed by atoms with Crippen LogP contribution in [0.3, 0.4) is 0 Å². The first-order valence-corrected chi connectivity index (χ1v) is 6.38. The first kappa shape index (κ1) is 15.3. The van der Waals surface area contributed by atoms with Gasteiger partial charge in [0.05, 0.1) is 12.1 Å². The van der Waals surface area contributed by atoms with Crippen LogP contribution >= 0.6 is 0 Å². The van der Waals surface area contributed by atoms with Gasteiger partial charge < -0.3 is 15.1 Å². The Morgan fingerprint density at radius 2 is 2.00 bits per heavy atom. The van der Waals surface area contributed by atoms with E-state index in [4.69, 9.17) is 4.42 Å². The van der Waals surface area contributed by atoms with Gasteiger partial charge in [-0.1, -0.05) is 18.1 Å². The first-order chi connectivity index (χ1) is 9.90. The lowest BCUT2D eigenvalue weighted by Crippen LogP contribution is -2.11. The molecule has 2 aromatic rings. The van der Waals surface area contributed by atoms with Crippen LogP contribution in [-0.4, -0.2) is 16.7 Å². The molecule has 0 aliphatic carbocycles. The first-order valence-electron chi connectivity index (χ1n) is 6.38. The zero-order chi connectivity index (χ0) is 15.5. The van der Waals surface area contributed by atoms with Gasteiger partial charge in [0, 0.05) is 5.69 Å². The number of hydrogen-bond donors (Lipinski definition) is 2. The highest BCUT2D eigenvalue weighted by molar-refractivity contribution is 5.58. The van der Waals surface area contributed by atoms with Gasteiger partial charge in [-0.15, -0.1) is 5.10 Å².